The number of piperidine rings is 1. The number of benzene rings is 1. The number of hydrogen-bond acceptors (Lipinski definition) is 3. The van der Waals surface area contributed by atoms with E-state index < -0.39 is 0 Å². The molecule has 2 aliphatic heterocycles. The van der Waals surface area contributed by atoms with Crippen LogP contribution in [0.2, 0.25) is 0 Å². The Bertz CT molecular complexity index is 444. The molecule has 3 nitrogen and oxygen atoms in total. The first-order valence-corrected chi connectivity index (χ1v) is 6.34. The molecule has 0 radical (unpaired) electrons. The zero-order chi connectivity index (χ0) is 12.0. The number of nitrogens with zero attached hydrogens (tertiary/aromatic N) is 1. The summed E-state index contributed by atoms with van der Waals surface area (Å²) >= 11 is 0. The first kappa shape index (κ1) is 10.9. The summed E-state index contributed by atoms with van der Waals surface area (Å²) in [4.78, 5) is 2.38. The lowest BCUT2D eigenvalue weighted by Crippen LogP contribution is -2.47. The fraction of sp³-hybridized carbons (Fsp3) is 0.571. The molecule has 0 saturated carbocycles. The van der Waals surface area contributed by atoms with Crippen molar-refractivity contribution in [3.8, 4) is 11.5 Å². The van der Waals surface area contributed by atoms with Gasteiger partial charge in [-0.2, -0.15) is 0 Å². The van der Waals surface area contributed by atoms with Gasteiger partial charge in [0, 0.05) is 11.5 Å². The fourth-order valence-electron chi connectivity index (χ4n) is 3.13. The molecular formula is C14H19NO2. The number of fused-ring (bicyclic) bond motifs is 3. The van der Waals surface area contributed by atoms with Crippen LogP contribution >= 0.6 is 0 Å². The molecule has 92 valence electrons. The van der Waals surface area contributed by atoms with Gasteiger partial charge in [0.2, 0.25) is 0 Å². The average Bonchev–Trinajstić information content (AvgIpc) is 2.34. The number of rotatable bonds is 0. The van der Waals surface area contributed by atoms with Gasteiger partial charge in [0.15, 0.2) is 11.5 Å². The van der Waals surface area contributed by atoms with Crippen molar-refractivity contribution in [1.29, 1.82) is 0 Å². The Morgan fingerprint density at radius 2 is 2.24 bits per heavy atom. The van der Waals surface area contributed by atoms with Gasteiger partial charge in [0.1, 0.15) is 6.61 Å². The van der Waals surface area contributed by atoms with Crippen molar-refractivity contribution in [1.82, 2.24) is 4.90 Å². The molecule has 0 spiro atoms. The third kappa shape index (κ3) is 1.61. The van der Waals surface area contributed by atoms with Crippen molar-refractivity contribution in [3.63, 3.8) is 0 Å². The second kappa shape index (κ2) is 3.91. The van der Waals surface area contributed by atoms with Crippen molar-refractivity contribution >= 4 is 0 Å². The van der Waals surface area contributed by atoms with Crippen molar-refractivity contribution in [2.75, 3.05) is 20.2 Å². The minimum absolute atomic E-state index is 0.328. The molecular weight excluding hydrogens is 214 g/mol. The molecule has 2 heterocycles. The summed E-state index contributed by atoms with van der Waals surface area (Å²) in [6.07, 6.45) is 2.43. The quantitative estimate of drug-likeness (QED) is 0.746. The summed E-state index contributed by atoms with van der Waals surface area (Å²) in [5.41, 5.74) is 2.09. The lowest BCUT2D eigenvalue weighted by Gasteiger charge is -2.42. The van der Waals surface area contributed by atoms with Gasteiger partial charge >= 0.3 is 0 Å². The number of likely N-dealkylation sites (N-methyl/N-ethyl adjacent to an activating group) is 1. The topological polar surface area (TPSA) is 32.7 Å². The highest BCUT2D eigenvalue weighted by atomic mass is 16.5. The summed E-state index contributed by atoms with van der Waals surface area (Å²) in [6.45, 7) is 3.76. The summed E-state index contributed by atoms with van der Waals surface area (Å²) in [7, 11) is 2.17. The van der Waals surface area contributed by atoms with E-state index in [4.69, 9.17) is 4.74 Å². The molecule has 1 aromatic carbocycles. The van der Waals surface area contributed by atoms with Crippen LogP contribution in [0, 0.1) is 6.92 Å². The highest BCUT2D eigenvalue weighted by Crippen LogP contribution is 2.45. The third-order valence-electron chi connectivity index (χ3n) is 4.22. The van der Waals surface area contributed by atoms with E-state index in [-0.39, 0.29) is 0 Å². The fourth-order valence-corrected chi connectivity index (χ4v) is 3.13. The molecule has 17 heavy (non-hydrogen) atoms. The van der Waals surface area contributed by atoms with Gasteiger partial charge in [-0.05, 0) is 38.9 Å². The molecule has 1 N–H and O–H groups in total. The molecule has 1 saturated heterocycles. The number of phenolic OH excluding ortho intramolecular Hbond substituents is 1. The second-order valence-corrected chi connectivity index (χ2v) is 5.26. The number of aromatic hydroxyl groups is 1. The monoisotopic (exact) mass is 233 g/mol. The van der Waals surface area contributed by atoms with Gasteiger partial charge in [-0.3, -0.25) is 4.90 Å². The maximum Gasteiger partial charge on any atom is 0.164 e. The molecule has 2 aliphatic rings. The van der Waals surface area contributed by atoms with Crippen molar-refractivity contribution in [2.24, 2.45) is 0 Å². The van der Waals surface area contributed by atoms with E-state index in [2.05, 4.69) is 18.0 Å². The van der Waals surface area contributed by atoms with E-state index in [9.17, 15) is 5.11 Å². The van der Waals surface area contributed by atoms with Crippen LogP contribution in [0.3, 0.4) is 0 Å². The van der Waals surface area contributed by atoms with Gasteiger partial charge in [0.25, 0.3) is 0 Å². The Kier molecular flexibility index (Phi) is 2.51. The molecule has 3 rings (SSSR count). The van der Waals surface area contributed by atoms with Crippen LogP contribution in [0.4, 0.5) is 0 Å². The molecule has 3 heteroatoms. The summed E-state index contributed by atoms with van der Waals surface area (Å²) < 4.78 is 5.78. The van der Waals surface area contributed by atoms with Crippen LogP contribution in [0.15, 0.2) is 12.1 Å². The molecule has 0 bridgehead atoms. The van der Waals surface area contributed by atoms with E-state index in [1.165, 1.54) is 18.4 Å². The maximum absolute atomic E-state index is 10.1. The number of likely N-dealkylation sites (tertiary alicyclic amines) is 1. The molecule has 0 aromatic heterocycles. The Morgan fingerprint density at radius 3 is 3.06 bits per heavy atom. The van der Waals surface area contributed by atoms with E-state index >= 15 is 0 Å². The third-order valence-corrected chi connectivity index (χ3v) is 4.22. The normalized spacial score (nSPS) is 28.1. The van der Waals surface area contributed by atoms with Crippen molar-refractivity contribution < 1.29 is 9.84 Å². The summed E-state index contributed by atoms with van der Waals surface area (Å²) in [5, 5.41) is 10.1. The van der Waals surface area contributed by atoms with E-state index in [0.29, 0.717) is 24.3 Å². The average molecular weight is 233 g/mol. The summed E-state index contributed by atoms with van der Waals surface area (Å²) in [5.74, 6) is 1.57. The first-order chi connectivity index (χ1) is 8.18. The van der Waals surface area contributed by atoms with E-state index in [1.54, 1.807) is 0 Å². The maximum atomic E-state index is 10.1. The molecule has 0 amide bonds. The van der Waals surface area contributed by atoms with Crippen LogP contribution in [-0.2, 0) is 0 Å². The zero-order valence-corrected chi connectivity index (χ0v) is 10.4. The lowest BCUT2D eigenvalue weighted by molar-refractivity contribution is 0.0848. The zero-order valence-electron chi connectivity index (χ0n) is 10.4. The van der Waals surface area contributed by atoms with Crippen LogP contribution < -0.4 is 4.74 Å². The predicted octanol–water partition coefficient (Wildman–Crippen LogP) is 2.27. The number of phenols is 1. The number of hydrogen-bond donors (Lipinski definition) is 1. The Morgan fingerprint density at radius 1 is 1.41 bits per heavy atom. The minimum atomic E-state index is 0.328. The number of aryl methyl sites for hydroxylation is 1. The molecule has 1 fully saturated rings. The van der Waals surface area contributed by atoms with Crippen LogP contribution in [0.25, 0.3) is 0 Å². The smallest absolute Gasteiger partial charge is 0.164 e. The predicted molar refractivity (Wildman–Crippen MR) is 66.7 cm³/mol. The van der Waals surface area contributed by atoms with E-state index in [0.717, 1.165) is 17.9 Å². The highest BCUT2D eigenvalue weighted by Gasteiger charge is 2.37. The summed E-state index contributed by atoms with van der Waals surface area (Å²) in [6, 6.07) is 4.59. The van der Waals surface area contributed by atoms with Gasteiger partial charge in [-0.25, -0.2) is 0 Å². The largest absolute Gasteiger partial charge is 0.504 e. The molecule has 2 atom stereocenters. The lowest BCUT2D eigenvalue weighted by atomic mass is 9.81. The molecule has 1 aromatic rings. The Balaban J connectivity index is 2.05. The second-order valence-electron chi connectivity index (χ2n) is 5.26. The van der Waals surface area contributed by atoms with Gasteiger partial charge in [-0.15, -0.1) is 0 Å². The first-order valence-electron chi connectivity index (χ1n) is 6.34. The Hall–Kier alpha value is -1.22. The highest BCUT2D eigenvalue weighted by molar-refractivity contribution is 5.53. The minimum Gasteiger partial charge on any atom is -0.504 e. The van der Waals surface area contributed by atoms with Crippen LogP contribution in [0.1, 0.15) is 29.9 Å². The SMILES string of the molecule is Cc1ccc2c(c1O)OC[C@H]1[C@H]2CCCN1C. The number of ether oxygens (including phenoxy) is 1. The van der Waals surface area contributed by atoms with Crippen LogP contribution in [-0.4, -0.2) is 36.2 Å². The molecule has 0 unspecified atom stereocenters. The Labute approximate surface area is 102 Å². The van der Waals surface area contributed by atoms with Gasteiger partial charge < -0.3 is 9.84 Å². The van der Waals surface area contributed by atoms with Crippen molar-refractivity contribution in [3.05, 3.63) is 23.3 Å². The van der Waals surface area contributed by atoms with Crippen LogP contribution in [0.5, 0.6) is 11.5 Å². The van der Waals surface area contributed by atoms with E-state index in [1.807, 2.05) is 13.0 Å². The van der Waals surface area contributed by atoms with Gasteiger partial charge in [-0.1, -0.05) is 12.1 Å². The molecule has 0 aliphatic carbocycles. The van der Waals surface area contributed by atoms with Crippen molar-refractivity contribution in [2.45, 2.75) is 31.7 Å². The van der Waals surface area contributed by atoms with Gasteiger partial charge in [0.05, 0.1) is 6.04 Å². The standard InChI is InChI=1S/C14H19NO2/c1-9-5-6-11-10-4-3-7-15(2)12(10)8-17-14(11)13(9)16/h5-6,10,12,16H,3-4,7-8H2,1-2H3/t10-,12-/m0/s1.